The minimum atomic E-state index is -0.119. The number of cyclic esters (lactones) is 1. The van der Waals surface area contributed by atoms with Gasteiger partial charge in [-0.3, -0.25) is 4.79 Å². The Labute approximate surface area is 98.1 Å². The summed E-state index contributed by atoms with van der Waals surface area (Å²) in [5.74, 6) is 6.81. The smallest absolute Gasteiger partial charge is 0.309 e. The van der Waals surface area contributed by atoms with Crippen molar-refractivity contribution in [2.45, 2.75) is 45.4 Å². The highest BCUT2D eigenvalue weighted by Gasteiger charge is 2.04. The number of esters is 1. The van der Waals surface area contributed by atoms with Crippen LogP contribution in [0.5, 0.6) is 0 Å². The molecule has 0 fully saturated rings. The number of allylic oxidation sites excluding steroid dienone is 1. The normalized spacial score (nSPS) is 25.8. The monoisotopic (exact) mass is 220 g/mol. The summed E-state index contributed by atoms with van der Waals surface area (Å²) in [4.78, 5) is 11.3. The summed E-state index contributed by atoms with van der Waals surface area (Å²) in [6.07, 6.45) is 9.08. The third-order valence-electron chi connectivity index (χ3n) is 2.65. The molecule has 88 valence electrons. The molecule has 1 heterocycles. The van der Waals surface area contributed by atoms with Crippen LogP contribution >= 0.6 is 0 Å². The zero-order chi connectivity index (χ0) is 11.6. The third-order valence-corrected chi connectivity index (χ3v) is 2.65. The molecule has 0 aromatic rings. The summed E-state index contributed by atoms with van der Waals surface area (Å²) in [5, 5.41) is 0. The van der Waals surface area contributed by atoms with Crippen molar-refractivity contribution in [1.82, 2.24) is 0 Å². The lowest BCUT2D eigenvalue weighted by Gasteiger charge is -2.09. The Morgan fingerprint density at radius 1 is 1.25 bits per heavy atom. The Kier molecular flexibility index (Phi) is 6.41. The predicted molar refractivity (Wildman–Crippen MR) is 64.7 cm³/mol. The van der Waals surface area contributed by atoms with Gasteiger partial charge in [-0.15, -0.1) is 11.8 Å². The summed E-state index contributed by atoms with van der Waals surface area (Å²) in [5.41, 5.74) is 0. The van der Waals surface area contributed by atoms with Crippen molar-refractivity contribution >= 4 is 5.97 Å². The lowest BCUT2D eigenvalue weighted by atomic mass is 10.0. The van der Waals surface area contributed by atoms with Gasteiger partial charge in [0.2, 0.25) is 0 Å². The van der Waals surface area contributed by atoms with E-state index in [-0.39, 0.29) is 5.97 Å². The molecule has 0 amide bonds. The molecule has 1 atom stereocenters. The summed E-state index contributed by atoms with van der Waals surface area (Å²) in [6.45, 7) is 2.72. The second kappa shape index (κ2) is 7.98. The zero-order valence-electron chi connectivity index (χ0n) is 10.00. The maximum absolute atomic E-state index is 11.3. The first-order chi connectivity index (χ1) is 7.79. The van der Waals surface area contributed by atoms with E-state index in [4.69, 9.17) is 4.74 Å². The van der Waals surface area contributed by atoms with Crippen LogP contribution in [-0.2, 0) is 9.53 Å². The molecule has 0 spiro atoms. The summed E-state index contributed by atoms with van der Waals surface area (Å²) >= 11 is 0. The number of hydrogen-bond acceptors (Lipinski definition) is 2. The molecular formula is C14H20O2. The molecule has 0 aromatic heterocycles. The summed E-state index contributed by atoms with van der Waals surface area (Å²) in [7, 11) is 0. The van der Waals surface area contributed by atoms with Gasteiger partial charge in [-0.2, -0.15) is 0 Å². The highest BCUT2D eigenvalue weighted by molar-refractivity contribution is 5.71. The van der Waals surface area contributed by atoms with Gasteiger partial charge in [0.15, 0.2) is 0 Å². The minimum absolute atomic E-state index is 0.119. The van der Waals surface area contributed by atoms with E-state index in [1.165, 1.54) is 0 Å². The Morgan fingerprint density at radius 2 is 2.06 bits per heavy atom. The molecule has 0 saturated carbocycles. The third kappa shape index (κ3) is 6.29. The molecule has 0 radical (unpaired) electrons. The van der Waals surface area contributed by atoms with Gasteiger partial charge < -0.3 is 4.74 Å². The zero-order valence-corrected chi connectivity index (χ0v) is 10.00. The van der Waals surface area contributed by atoms with Crippen LogP contribution in [0.25, 0.3) is 0 Å². The van der Waals surface area contributed by atoms with Gasteiger partial charge in [-0.1, -0.05) is 19.1 Å². The van der Waals surface area contributed by atoms with Crippen LogP contribution < -0.4 is 0 Å². The van der Waals surface area contributed by atoms with Gasteiger partial charge in [0, 0.05) is 12.8 Å². The second-order valence-corrected chi connectivity index (χ2v) is 4.22. The van der Waals surface area contributed by atoms with Crippen molar-refractivity contribution in [2.75, 3.05) is 6.61 Å². The first-order valence-corrected chi connectivity index (χ1v) is 6.05. The summed E-state index contributed by atoms with van der Waals surface area (Å²) in [6, 6.07) is 0. The van der Waals surface area contributed by atoms with E-state index in [0.29, 0.717) is 18.9 Å². The maximum Gasteiger partial charge on any atom is 0.309 e. The number of rotatable bonds is 0. The van der Waals surface area contributed by atoms with E-state index in [2.05, 4.69) is 18.8 Å². The van der Waals surface area contributed by atoms with Gasteiger partial charge in [0.1, 0.15) is 0 Å². The van der Waals surface area contributed by atoms with Crippen LogP contribution in [0.2, 0.25) is 0 Å². The standard InChI is InChI=1S/C14H20O2/c1-13-9-7-5-3-2-4-6-8-10-14(15)16-12-11-13/h6,8,13H,2,4,7,9-12H2,1H3/b8-6+. The average Bonchev–Trinajstić information content (AvgIpc) is 2.26. The topological polar surface area (TPSA) is 26.3 Å². The van der Waals surface area contributed by atoms with Crippen LogP contribution in [0.4, 0.5) is 0 Å². The van der Waals surface area contributed by atoms with Gasteiger partial charge in [0.25, 0.3) is 0 Å². The van der Waals surface area contributed by atoms with Crippen LogP contribution in [0.1, 0.15) is 45.4 Å². The van der Waals surface area contributed by atoms with E-state index < -0.39 is 0 Å². The fourth-order valence-electron chi connectivity index (χ4n) is 1.53. The van der Waals surface area contributed by atoms with Crippen molar-refractivity contribution in [3.05, 3.63) is 12.2 Å². The van der Waals surface area contributed by atoms with Crippen molar-refractivity contribution in [1.29, 1.82) is 0 Å². The first kappa shape index (κ1) is 12.8. The SMILES string of the molecule is CC1CCC#CCC/C=C/CC(=O)OCC1. The highest BCUT2D eigenvalue weighted by Crippen LogP contribution is 2.10. The van der Waals surface area contributed by atoms with Gasteiger partial charge in [0.05, 0.1) is 13.0 Å². The van der Waals surface area contributed by atoms with Crippen LogP contribution in [0.15, 0.2) is 12.2 Å². The Morgan fingerprint density at radius 3 is 2.94 bits per heavy atom. The lowest BCUT2D eigenvalue weighted by molar-refractivity contribution is -0.142. The number of carbonyl (C=O) groups excluding carboxylic acids is 1. The highest BCUT2D eigenvalue weighted by atomic mass is 16.5. The number of ether oxygens (including phenoxy) is 1. The Hall–Kier alpha value is -1.23. The van der Waals surface area contributed by atoms with Crippen LogP contribution in [0.3, 0.4) is 0 Å². The lowest BCUT2D eigenvalue weighted by Crippen LogP contribution is -2.07. The van der Waals surface area contributed by atoms with Crippen LogP contribution in [0, 0.1) is 17.8 Å². The number of hydrogen-bond donors (Lipinski definition) is 0. The first-order valence-electron chi connectivity index (χ1n) is 6.05. The maximum atomic E-state index is 11.3. The van der Waals surface area contributed by atoms with Gasteiger partial charge in [-0.05, 0) is 25.2 Å². The molecule has 1 aliphatic rings. The van der Waals surface area contributed by atoms with E-state index >= 15 is 0 Å². The fourth-order valence-corrected chi connectivity index (χ4v) is 1.53. The second-order valence-electron chi connectivity index (χ2n) is 4.22. The Balaban J connectivity index is 2.41. The molecule has 0 saturated heterocycles. The molecule has 2 nitrogen and oxygen atoms in total. The molecule has 0 aliphatic carbocycles. The van der Waals surface area contributed by atoms with Crippen molar-refractivity contribution < 1.29 is 9.53 Å². The fraction of sp³-hybridized carbons (Fsp3) is 0.643. The molecule has 1 rings (SSSR count). The molecule has 0 aromatic carbocycles. The van der Waals surface area contributed by atoms with Crippen molar-refractivity contribution in [3.63, 3.8) is 0 Å². The van der Waals surface area contributed by atoms with Crippen LogP contribution in [-0.4, -0.2) is 12.6 Å². The van der Waals surface area contributed by atoms with Gasteiger partial charge in [-0.25, -0.2) is 0 Å². The molecular weight excluding hydrogens is 200 g/mol. The average molecular weight is 220 g/mol. The number of carbonyl (C=O) groups is 1. The van der Waals surface area contributed by atoms with E-state index in [0.717, 1.165) is 32.1 Å². The van der Waals surface area contributed by atoms with E-state index in [1.807, 2.05) is 12.2 Å². The molecule has 16 heavy (non-hydrogen) atoms. The Bertz CT molecular complexity index is 294. The molecule has 0 bridgehead atoms. The van der Waals surface area contributed by atoms with Gasteiger partial charge >= 0.3 is 5.97 Å². The van der Waals surface area contributed by atoms with E-state index in [9.17, 15) is 4.79 Å². The molecule has 1 aliphatic heterocycles. The predicted octanol–water partition coefficient (Wildman–Crippen LogP) is 3.08. The molecule has 1 unspecified atom stereocenters. The summed E-state index contributed by atoms with van der Waals surface area (Å²) < 4.78 is 5.13. The minimum Gasteiger partial charge on any atom is -0.465 e. The quantitative estimate of drug-likeness (QED) is 0.356. The van der Waals surface area contributed by atoms with Crippen molar-refractivity contribution in [3.8, 4) is 11.8 Å². The van der Waals surface area contributed by atoms with E-state index in [1.54, 1.807) is 0 Å². The molecule has 0 N–H and O–H groups in total. The molecule has 2 heteroatoms. The largest absolute Gasteiger partial charge is 0.465 e. The van der Waals surface area contributed by atoms with Crippen molar-refractivity contribution in [2.24, 2.45) is 5.92 Å².